The number of nitrogens with two attached hydrogens (primary N) is 1. The number of hydrogen-bond acceptors (Lipinski definition) is 8. The van der Waals surface area contributed by atoms with E-state index in [2.05, 4.69) is 31.9 Å². The Labute approximate surface area is 258 Å². The predicted octanol–water partition coefficient (Wildman–Crippen LogP) is -1.07. The molecule has 1 aliphatic rings. The van der Waals surface area contributed by atoms with Crippen LogP contribution in [0.2, 0.25) is 0 Å². The Morgan fingerprint density at radius 1 is 0.886 bits per heavy atom. The normalized spacial score (nSPS) is 16.3. The van der Waals surface area contributed by atoms with E-state index in [0.717, 1.165) is 18.5 Å². The molecule has 1 saturated heterocycles. The van der Waals surface area contributed by atoms with Crippen LogP contribution in [0.15, 0.2) is 30.3 Å². The fourth-order valence-corrected chi connectivity index (χ4v) is 4.74. The molecule has 1 fully saturated rings. The second kappa shape index (κ2) is 19.3. The van der Waals surface area contributed by atoms with Crippen LogP contribution in [0.25, 0.3) is 0 Å². The highest BCUT2D eigenvalue weighted by Crippen LogP contribution is 2.10. The maximum absolute atomic E-state index is 13.5. The van der Waals surface area contributed by atoms with E-state index in [9.17, 15) is 33.9 Å². The van der Waals surface area contributed by atoms with Crippen molar-refractivity contribution in [1.29, 1.82) is 0 Å². The van der Waals surface area contributed by atoms with Crippen LogP contribution in [0.4, 0.5) is 0 Å². The standard InChI is InChI=1S/C30H47N7O7/c1-19(2)15-23(28(41)36-22(30(43)44)11-6-7-13-31)37-29(42)24(16-20-9-4-3-5-10-20)35-26(39)18-33-25(38)17-34-27(40)21-12-8-14-32-21/h3-5,9-10,19,21-24,32H,6-8,11-18,31H2,1-2H3,(H,33,38)(H,34,40)(H,35,39)(H,36,41)(H,37,42)(H,43,44)/t21-,22-,23-,24-/m0/s1. The summed E-state index contributed by atoms with van der Waals surface area (Å²) in [6.45, 7) is 4.13. The summed E-state index contributed by atoms with van der Waals surface area (Å²) in [6.07, 6.45) is 3.22. The van der Waals surface area contributed by atoms with Crippen molar-refractivity contribution >= 4 is 35.5 Å². The third-order valence-corrected chi connectivity index (χ3v) is 7.08. The number of hydrogen-bond donors (Lipinski definition) is 8. The summed E-state index contributed by atoms with van der Waals surface area (Å²) in [6, 6.07) is 5.33. The molecule has 1 aromatic carbocycles. The largest absolute Gasteiger partial charge is 0.480 e. The van der Waals surface area contributed by atoms with Crippen molar-refractivity contribution in [2.75, 3.05) is 26.2 Å². The van der Waals surface area contributed by atoms with Crippen molar-refractivity contribution in [2.45, 2.75) is 83.0 Å². The molecule has 44 heavy (non-hydrogen) atoms. The smallest absolute Gasteiger partial charge is 0.326 e. The molecule has 14 heteroatoms. The third kappa shape index (κ3) is 13.5. The number of carboxylic acid groups (broad SMARTS) is 1. The maximum Gasteiger partial charge on any atom is 0.326 e. The van der Waals surface area contributed by atoms with E-state index in [1.165, 1.54) is 0 Å². The molecule has 9 N–H and O–H groups in total. The average Bonchev–Trinajstić information content (AvgIpc) is 3.53. The van der Waals surface area contributed by atoms with Crippen LogP contribution in [-0.4, -0.2) is 91.0 Å². The van der Waals surface area contributed by atoms with Gasteiger partial charge in [-0.1, -0.05) is 44.2 Å². The van der Waals surface area contributed by atoms with E-state index in [4.69, 9.17) is 5.73 Å². The van der Waals surface area contributed by atoms with Gasteiger partial charge in [0.1, 0.15) is 18.1 Å². The number of nitrogens with one attached hydrogen (secondary N) is 6. The lowest BCUT2D eigenvalue weighted by molar-refractivity contribution is -0.142. The van der Waals surface area contributed by atoms with Crippen molar-refractivity contribution in [1.82, 2.24) is 31.9 Å². The molecular weight excluding hydrogens is 570 g/mol. The summed E-state index contributed by atoms with van der Waals surface area (Å²) in [4.78, 5) is 75.5. The minimum Gasteiger partial charge on any atom is -0.480 e. The van der Waals surface area contributed by atoms with E-state index in [-0.39, 0.29) is 43.7 Å². The molecule has 0 saturated carbocycles. The highest BCUT2D eigenvalue weighted by atomic mass is 16.4. The van der Waals surface area contributed by atoms with Gasteiger partial charge in [-0.15, -0.1) is 0 Å². The highest BCUT2D eigenvalue weighted by molar-refractivity contribution is 5.94. The third-order valence-electron chi connectivity index (χ3n) is 7.08. The molecule has 0 aromatic heterocycles. The molecule has 2 rings (SSSR count). The number of carbonyl (C=O) groups is 6. The minimum atomic E-state index is -1.18. The van der Waals surface area contributed by atoms with Crippen LogP contribution in [0.1, 0.15) is 57.9 Å². The summed E-state index contributed by atoms with van der Waals surface area (Å²) in [7, 11) is 0. The van der Waals surface area contributed by atoms with Crippen molar-refractivity contribution in [3.63, 3.8) is 0 Å². The Morgan fingerprint density at radius 2 is 1.55 bits per heavy atom. The first kappa shape index (κ1) is 36.2. The summed E-state index contributed by atoms with van der Waals surface area (Å²) in [5.41, 5.74) is 6.24. The second-order valence-electron chi connectivity index (χ2n) is 11.3. The number of aliphatic carboxylic acids is 1. The van der Waals surface area contributed by atoms with Crippen molar-refractivity contribution < 1.29 is 33.9 Å². The first-order valence-corrected chi connectivity index (χ1v) is 15.1. The number of rotatable bonds is 19. The maximum atomic E-state index is 13.5. The topological polar surface area (TPSA) is 221 Å². The molecule has 1 aliphatic heterocycles. The van der Waals surface area contributed by atoms with Gasteiger partial charge in [0.05, 0.1) is 19.1 Å². The van der Waals surface area contributed by atoms with Crippen molar-refractivity contribution in [3.05, 3.63) is 35.9 Å². The van der Waals surface area contributed by atoms with E-state index in [1.807, 2.05) is 19.9 Å². The van der Waals surface area contributed by atoms with Gasteiger partial charge in [-0.2, -0.15) is 0 Å². The van der Waals surface area contributed by atoms with E-state index in [0.29, 0.717) is 25.8 Å². The molecule has 0 unspecified atom stereocenters. The quantitative estimate of drug-likeness (QED) is 0.0884. The molecule has 244 valence electrons. The van der Waals surface area contributed by atoms with Crippen LogP contribution in [-0.2, 0) is 35.2 Å². The number of amides is 5. The van der Waals surface area contributed by atoms with Gasteiger partial charge in [-0.25, -0.2) is 4.79 Å². The molecule has 1 heterocycles. The monoisotopic (exact) mass is 617 g/mol. The van der Waals surface area contributed by atoms with Gasteiger partial charge in [0.15, 0.2) is 0 Å². The number of benzene rings is 1. The summed E-state index contributed by atoms with van der Waals surface area (Å²) in [5.74, 6) is -3.98. The summed E-state index contributed by atoms with van der Waals surface area (Å²) < 4.78 is 0. The molecule has 5 amide bonds. The van der Waals surface area contributed by atoms with Crippen LogP contribution in [0, 0.1) is 5.92 Å². The van der Waals surface area contributed by atoms with E-state index >= 15 is 0 Å². The zero-order valence-corrected chi connectivity index (χ0v) is 25.5. The number of unbranched alkanes of at least 4 members (excludes halogenated alkanes) is 1. The zero-order valence-electron chi connectivity index (χ0n) is 25.5. The molecule has 0 spiro atoms. The van der Waals surface area contributed by atoms with Crippen molar-refractivity contribution in [3.8, 4) is 0 Å². The summed E-state index contributed by atoms with van der Waals surface area (Å²) >= 11 is 0. The molecular formula is C30H47N7O7. The van der Waals surface area contributed by atoms with Gasteiger partial charge in [0.25, 0.3) is 0 Å². The van der Waals surface area contributed by atoms with Gasteiger partial charge in [-0.3, -0.25) is 24.0 Å². The van der Waals surface area contributed by atoms with E-state index in [1.54, 1.807) is 24.3 Å². The Hall–Kier alpha value is -4.04. The van der Waals surface area contributed by atoms with Crippen LogP contribution in [0.5, 0.6) is 0 Å². The lowest BCUT2D eigenvalue weighted by Gasteiger charge is -2.25. The van der Waals surface area contributed by atoms with E-state index < -0.39 is 54.3 Å². The fourth-order valence-electron chi connectivity index (χ4n) is 4.74. The molecule has 14 nitrogen and oxygen atoms in total. The van der Waals surface area contributed by atoms with Gasteiger partial charge in [-0.05, 0) is 63.1 Å². The zero-order chi connectivity index (χ0) is 32.5. The molecule has 4 atom stereocenters. The van der Waals surface area contributed by atoms with Gasteiger partial charge >= 0.3 is 5.97 Å². The first-order chi connectivity index (χ1) is 21.0. The first-order valence-electron chi connectivity index (χ1n) is 15.1. The Kier molecular flexibility index (Phi) is 15.8. The van der Waals surface area contributed by atoms with Crippen LogP contribution < -0.4 is 37.6 Å². The lowest BCUT2D eigenvalue weighted by atomic mass is 10.0. The Bertz CT molecular complexity index is 1110. The molecule has 0 radical (unpaired) electrons. The highest BCUT2D eigenvalue weighted by Gasteiger charge is 2.30. The molecule has 1 aromatic rings. The molecule has 0 aliphatic carbocycles. The Morgan fingerprint density at radius 3 is 2.16 bits per heavy atom. The van der Waals surface area contributed by atoms with Crippen molar-refractivity contribution in [2.24, 2.45) is 11.7 Å². The van der Waals surface area contributed by atoms with Gasteiger partial charge in [0.2, 0.25) is 29.5 Å². The van der Waals surface area contributed by atoms with Crippen LogP contribution >= 0.6 is 0 Å². The Balaban J connectivity index is 2.04. The number of carboxylic acids is 1. The SMILES string of the molecule is CC(C)C[C@H](NC(=O)[C@H](Cc1ccccc1)NC(=O)CNC(=O)CNC(=O)[C@@H]1CCCN1)C(=O)N[C@@H](CCCCN)C(=O)O. The average molecular weight is 618 g/mol. The van der Waals surface area contributed by atoms with Gasteiger partial charge in [0, 0.05) is 6.42 Å². The van der Waals surface area contributed by atoms with Gasteiger partial charge < -0.3 is 42.7 Å². The minimum absolute atomic E-state index is 0.0195. The number of carbonyl (C=O) groups excluding carboxylic acids is 5. The lowest BCUT2D eigenvalue weighted by Crippen LogP contribution is -2.57. The molecule has 0 bridgehead atoms. The predicted molar refractivity (Wildman–Crippen MR) is 163 cm³/mol. The van der Waals surface area contributed by atoms with Crippen LogP contribution in [0.3, 0.4) is 0 Å². The second-order valence-corrected chi connectivity index (χ2v) is 11.3. The summed E-state index contributed by atoms with van der Waals surface area (Å²) in [5, 5.41) is 25.4. The fraction of sp³-hybridized carbons (Fsp3) is 0.600.